The molecule has 128 valence electrons. The van der Waals surface area contributed by atoms with Gasteiger partial charge in [-0.2, -0.15) is 5.10 Å². The summed E-state index contributed by atoms with van der Waals surface area (Å²) in [5, 5.41) is 8.62. The van der Waals surface area contributed by atoms with Gasteiger partial charge in [0.2, 0.25) is 0 Å². The van der Waals surface area contributed by atoms with Crippen LogP contribution >= 0.6 is 11.3 Å². The summed E-state index contributed by atoms with van der Waals surface area (Å²) in [6.45, 7) is 0. The molecule has 0 fully saturated rings. The van der Waals surface area contributed by atoms with Crippen LogP contribution in [0.1, 0.15) is 21.0 Å². The third-order valence-corrected chi connectivity index (χ3v) is 4.06. The smallest absolute Gasteiger partial charge is 0.354 e. The monoisotopic (exact) mass is 359 g/mol. The lowest BCUT2D eigenvalue weighted by atomic mass is 10.2. The molecule has 10 heteroatoms. The highest BCUT2D eigenvalue weighted by Crippen LogP contribution is 2.25. The Labute approximate surface area is 145 Å². The maximum absolute atomic E-state index is 12.2. The van der Waals surface area contributed by atoms with E-state index in [1.54, 1.807) is 17.6 Å². The Balaban J connectivity index is 1.76. The first kappa shape index (κ1) is 16.6. The highest BCUT2D eigenvalue weighted by atomic mass is 32.1. The predicted octanol–water partition coefficient (Wildman–Crippen LogP) is 1.27. The third kappa shape index (κ3) is 3.48. The van der Waals surface area contributed by atoms with Gasteiger partial charge in [-0.3, -0.25) is 14.9 Å². The molecular weight excluding hydrogens is 346 g/mol. The van der Waals surface area contributed by atoms with Crippen LogP contribution in [-0.4, -0.2) is 38.7 Å². The van der Waals surface area contributed by atoms with Gasteiger partial charge in [0.1, 0.15) is 11.4 Å². The van der Waals surface area contributed by atoms with Crippen molar-refractivity contribution in [2.45, 2.75) is 0 Å². The van der Waals surface area contributed by atoms with Gasteiger partial charge in [-0.1, -0.05) is 0 Å². The van der Waals surface area contributed by atoms with Crippen molar-refractivity contribution in [3.05, 3.63) is 51.5 Å². The Morgan fingerprint density at radius 3 is 2.88 bits per heavy atom. The first-order valence-corrected chi connectivity index (χ1v) is 7.94. The number of ether oxygens (including phenoxy) is 1. The first-order chi connectivity index (χ1) is 12.0. The topological polar surface area (TPSA) is 119 Å². The third-order valence-electron chi connectivity index (χ3n) is 3.30. The lowest BCUT2D eigenvalue weighted by Gasteiger charge is -2.02. The summed E-state index contributed by atoms with van der Waals surface area (Å²) in [5.41, 5.74) is 1.40. The number of methoxy groups -OCH3 is 1. The van der Waals surface area contributed by atoms with Crippen molar-refractivity contribution in [1.82, 2.24) is 19.7 Å². The summed E-state index contributed by atoms with van der Waals surface area (Å²) in [5.74, 6) is -0.948. The van der Waals surface area contributed by atoms with Crippen LogP contribution in [0.25, 0.3) is 11.3 Å². The van der Waals surface area contributed by atoms with Crippen LogP contribution in [-0.2, 0) is 11.8 Å². The van der Waals surface area contributed by atoms with Gasteiger partial charge in [-0.25, -0.2) is 14.5 Å². The maximum Gasteiger partial charge on any atom is 0.354 e. The number of aryl methyl sites for hydroxylation is 1. The lowest BCUT2D eigenvalue weighted by Crippen LogP contribution is -2.23. The van der Waals surface area contributed by atoms with Crippen LogP contribution in [0.4, 0.5) is 5.13 Å². The molecule has 3 aromatic rings. The van der Waals surface area contributed by atoms with E-state index in [9.17, 15) is 14.4 Å². The van der Waals surface area contributed by atoms with Gasteiger partial charge in [-0.15, -0.1) is 11.3 Å². The van der Waals surface area contributed by atoms with E-state index in [1.165, 1.54) is 37.6 Å². The summed E-state index contributed by atoms with van der Waals surface area (Å²) in [4.78, 5) is 42.0. The quantitative estimate of drug-likeness (QED) is 0.677. The molecule has 3 rings (SSSR count). The van der Waals surface area contributed by atoms with Crippen LogP contribution < -0.4 is 10.9 Å². The molecular formula is C15H13N5O4S. The Morgan fingerprint density at radius 1 is 1.36 bits per heavy atom. The maximum atomic E-state index is 12.2. The second-order valence-electron chi connectivity index (χ2n) is 4.97. The minimum absolute atomic E-state index is 0.105. The molecule has 9 nitrogen and oxygen atoms in total. The zero-order valence-corrected chi connectivity index (χ0v) is 14.1. The SMILES string of the molecule is COC(=O)c1cc(-c2csc(NC(=O)c3ccc(=O)n(C)n3)n2)c[nH]1. The fourth-order valence-electron chi connectivity index (χ4n) is 2.02. The van der Waals surface area contributed by atoms with Crippen LogP contribution in [0.15, 0.2) is 34.6 Å². The summed E-state index contributed by atoms with van der Waals surface area (Å²) < 4.78 is 5.71. The van der Waals surface area contributed by atoms with Crippen molar-refractivity contribution in [2.24, 2.45) is 7.05 Å². The molecule has 0 saturated heterocycles. The van der Waals surface area contributed by atoms with Gasteiger partial charge in [0.15, 0.2) is 5.13 Å². The van der Waals surface area contributed by atoms with Crippen molar-refractivity contribution in [1.29, 1.82) is 0 Å². The molecule has 3 heterocycles. The molecule has 0 unspecified atom stereocenters. The van der Waals surface area contributed by atoms with E-state index in [4.69, 9.17) is 0 Å². The molecule has 0 aromatic carbocycles. The number of aromatic amines is 1. The number of hydrogen-bond acceptors (Lipinski definition) is 7. The molecule has 0 aliphatic heterocycles. The number of nitrogens with zero attached hydrogens (tertiary/aromatic N) is 3. The molecule has 0 spiro atoms. The number of aromatic nitrogens is 4. The fraction of sp³-hybridized carbons (Fsp3) is 0.133. The summed E-state index contributed by atoms with van der Waals surface area (Å²) in [6.07, 6.45) is 1.63. The van der Waals surface area contributed by atoms with Crippen molar-refractivity contribution >= 4 is 28.3 Å². The standard InChI is InChI=1S/C15H13N5O4S/c1-20-12(21)4-3-9(19-20)13(22)18-15-17-11(7-25-15)8-5-10(16-6-8)14(23)24-2/h3-7,16H,1-2H3,(H,17,18,22). The average Bonchev–Trinajstić information content (AvgIpc) is 3.25. The van der Waals surface area contributed by atoms with Crippen molar-refractivity contribution in [3.8, 4) is 11.3 Å². The molecule has 3 aromatic heterocycles. The van der Waals surface area contributed by atoms with E-state index in [0.717, 1.165) is 4.68 Å². The number of thiazole rings is 1. The van der Waals surface area contributed by atoms with E-state index < -0.39 is 11.9 Å². The Hall–Kier alpha value is -3.27. The Bertz CT molecular complexity index is 1000. The van der Waals surface area contributed by atoms with E-state index in [-0.39, 0.29) is 11.3 Å². The van der Waals surface area contributed by atoms with E-state index in [0.29, 0.717) is 22.1 Å². The Kier molecular flexibility index (Phi) is 4.44. The minimum Gasteiger partial charge on any atom is -0.464 e. The molecule has 0 aliphatic carbocycles. The largest absolute Gasteiger partial charge is 0.464 e. The molecule has 25 heavy (non-hydrogen) atoms. The molecule has 1 amide bonds. The van der Waals surface area contributed by atoms with Gasteiger partial charge in [-0.05, 0) is 12.1 Å². The van der Waals surface area contributed by atoms with Gasteiger partial charge in [0.25, 0.3) is 11.5 Å². The number of hydrogen-bond donors (Lipinski definition) is 2. The normalized spacial score (nSPS) is 10.5. The highest BCUT2D eigenvalue weighted by molar-refractivity contribution is 7.14. The van der Waals surface area contributed by atoms with Gasteiger partial charge >= 0.3 is 5.97 Å². The van der Waals surface area contributed by atoms with Crippen LogP contribution in [0.2, 0.25) is 0 Å². The number of carbonyl (C=O) groups excluding carboxylic acids is 2. The van der Waals surface area contributed by atoms with Gasteiger partial charge in [0, 0.05) is 30.3 Å². The average molecular weight is 359 g/mol. The van der Waals surface area contributed by atoms with Crippen LogP contribution in [0.5, 0.6) is 0 Å². The van der Waals surface area contributed by atoms with Gasteiger partial charge in [0.05, 0.1) is 12.8 Å². The fourth-order valence-corrected chi connectivity index (χ4v) is 2.73. The number of esters is 1. The molecule has 0 bridgehead atoms. The molecule has 2 N–H and O–H groups in total. The Morgan fingerprint density at radius 2 is 2.16 bits per heavy atom. The van der Waals surface area contributed by atoms with E-state index in [2.05, 4.69) is 25.1 Å². The second kappa shape index (κ2) is 6.69. The minimum atomic E-state index is -0.476. The highest BCUT2D eigenvalue weighted by Gasteiger charge is 2.14. The lowest BCUT2D eigenvalue weighted by molar-refractivity contribution is 0.0594. The zero-order chi connectivity index (χ0) is 18.0. The number of H-pyrrole nitrogens is 1. The molecule has 0 saturated carbocycles. The second-order valence-corrected chi connectivity index (χ2v) is 5.82. The van der Waals surface area contributed by atoms with Crippen molar-refractivity contribution in [3.63, 3.8) is 0 Å². The van der Waals surface area contributed by atoms with Crippen molar-refractivity contribution < 1.29 is 14.3 Å². The van der Waals surface area contributed by atoms with E-state index >= 15 is 0 Å². The summed E-state index contributed by atoms with van der Waals surface area (Å²) >= 11 is 1.23. The summed E-state index contributed by atoms with van der Waals surface area (Å²) in [6, 6.07) is 4.23. The number of anilines is 1. The number of carbonyl (C=O) groups is 2. The van der Waals surface area contributed by atoms with Crippen molar-refractivity contribution in [2.75, 3.05) is 12.4 Å². The molecule has 0 aliphatic rings. The van der Waals surface area contributed by atoms with Gasteiger partial charge < -0.3 is 9.72 Å². The van der Waals surface area contributed by atoms with Crippen LogP contribution in [0, 0.1) is 0 Å². The number of rotatable bonds is 4. The number of nitrogens with one attached hydrogen (secondary N) is 2. The first-order valence-electron chi connectivity index (χ1n) is 7.06. The molecule has 0 atom stereocenters. The predicted molar refractivity (Wildman–Crippen MR) is 90.7 cm³/mol. The van der Waals surface area contributed by atoms with E-state index in [1.807, 2.05) is 0 Å². The number of amides is 1. The van der Waals surface area contributed by atoms with Crippen LogP contribution in [0.3, 0.4) is 0 Å². The zero-order valence-electron chi connectivity index (χ0n) is 13.3. The molecule has 0 radical (unpaired) electrons. The summed E-state index contributed by atoms with van der Waals surface area (Å²) in [7, 11) is 2.76.